The normalized spacial score (nSPS) is 11.4. The molecule has 150 valence electrons. The molecule has 2 rings (SSSR count). The summed E-state index contributed by atoms with van der Waals surface area (Å²) in [6, 6.07) is 14.3. The summed E-state index contributed by atoms with van der Waals surface area (Å²) >= 11 is 0. The molecule has 6 nitrogen and oxygen atoms in total. The van der Waals surface area contributed by atoms with Crippen molar-refractivity contribution in [3.05, 3.63) is 59.7 Å². The molecular formula is C22H28N2O4. The Balaban J connectivity index is 2.14. The van der Waals surface area contributed by atoms with E-state index in [1.54, 1.807) is 14.0 Å². The van der Waals surface area contributed by atoms with Gasteiger partial charge in [0.25, 0.3) is 5.91 Å². The van der Waals surface area contributed by atoms with E-state index < -0.39 is 6.04 Å². The number of likely N-dealkylation sites (N-methyl/N-ethyl adjacent to an activating group) is 1. The number of ether oxygens (including phenoxy) is 2. The van der Waals surface area contributed by atoms with E-state index in [1.165, 1.54) is 4.90 Å². The Morgan fingerprint density at radius 1 is 1.11 bits per heavy atom. The van der Waals surface area contributed by atoms with E-state index in [0.29, 0.717) is 18.0 Å². The third-order valence-corrected chi connectivity index (χ3v) is 4.39. The Morgan fingerprint density at radius 3 is 2.46 bits per heavy atom. The predicted molar refractivity (Wildman–Crippen MR) is 108 cm³/mol. The smallest absolute Gasteiger partial charge is 0.261 e. The number of amides is 2. The summed E-state index contributed by atoms with van der Waals surface area (Å²) in [5.74, 6) is 0.855. The number of benzene rings is 2. The molecule has 0 aliphatic heterocycles. The molecular weight excluding hydrogens is 356 g/mol. The lowest BCUT2D eigenvalue weighted by molar-refractivity contribution is -0.142. The fourth-order valence-corrected chi connectivity index (χ4v) is 2.73. The molecule has 2 aromatic rings. The molecule has 6 heteroatoms. The SMILES string of the molecule is CCNC(=O)[C@@H](C)N(Cc1cccc(OC)c1)C(=O)COc1ccc(C)cc1. The fourth-order valence-electron chi connectivity index (χ4n) is 2.73. The lowest BCUT2D eigenvalue weighted by Crippen LogP contribution is -2.49. The first-order valence-corrected chi connectivity index (χ1v) is 9.34. The summed E-state index contributed by atoms with van der Waals surface area (Å²) < 4.78 is 10.9. The predicted octanol–water partition coefficient (Wildman–Crippen LogP) is 2.94. The summed E-state index contributed by atoms with van der Waals surface area (Å²) in [4.78, 5) is 26.7. The first-order valence-electron chi connectivity index (χ1n) is 9.34. The van der Waals surface area contributed by atoms with Crippen LogP contribution >= 0.6 is 0 Å². The van der Waals surface area contributed by atoms with E-state index in [-0.39, 0.29) is 25.0 Å². The van der Waals surface area contributed by atoms with E-state index >= 15 is 0 Å². The van der Waals surface area contributed by atoms with Crippen molar-refractivity contribution in [3.8, 4) is 11.5 Å². The number of aryl methyl sites for hydroxylation is 1. The van der Waals surface area contributed by atoms with Crippen LogP contribution in [0.15, 0.2) is 48.5 Å². The van der Waals surface area contributed by atoms with Crippen LogP contribution in [0.4, 0.5) is 0 Å². The maximum Gasteiger partial charge on any atom is 0.261 e. The molecule has 1 N–H and O–H groups in total. The second-order valence-electron chi connectivity index (χ2n) is 6.55. The molecule has 1 atom stereocenters. The highest BCUT2D eigenvalue weighted by Crippen LogP contribution is 2.17. The molecule has 0 spiro atoms. The van der Waals surface area contributed by atoms with Crippen LogP contribution in [0.3, 0.4) is 0 Å². The first-order chi connectivity index (χ1) is 13.4. The molecule has 0 bridgehead atoms. The van der Waals surface area contributed by atoms with Crippen molar-refractivity contribution in [2.45, 2.75) is 33.4 Å². The fraction of sp³-hybridized carbons (Fsp3) is 0.364. The molecule has 2 amide bonds. The second kappa shape index (κ2) is 10.3. The van der Waals surface area contributed by atoms with Crippen molar-refractivity contribution >= 4 is 11.8 Å². The highest BCUT2D eigenvalue weighted by atomic mass is 16.5. The van der Waals surface area contributed by atoms with Crippen LogP contribution in [-0.2, 0) is 16.1 Å². The number of methoxy groups -OCH3 is 1. The van der Waals surface area contributed by atoms with Crippen molar-refractivity contribution in [2.24, 2.45) is 0 Å². The monoisotopic (exact) mass is 384 g/mol. The van der Waals surface area contributed by atoms with Gasteiger partial charge < -0.3 is 19.7 Å². The summed E-state index contributed by atoms with van der Waals surface area (Å²) in [7, 11) is 1.59. The van der Waals surface area contributed by atoms with E-state index in [4.69, 9.17) is 9.47 Å². The first kappa shape index (κ1) is 21.3. The molecule has 0 radical (unpaired) electrons. The number of nitrogens with zero attached hydrogens (tertiary/aromatic N) is 1. The van der Waals surface area contributed by atoms with Crippen LogP contribution < -0.4 is 14.8 Å². The van der Waals surface area contributed by atoms with Crippen molar-refractivity contribution in [2.75, 3.05) is 20.3 Å². The van der Waals surface area contributed by atoms with Crippen molar-refractivity contribution in [3.63, 3.8) is 0 Å². The van der Waals surface area contributed by atoms with Gasteiger partial charge in [-0.05, 0) is 50.6 Å². The van der Waals surface area contributed by atoms with Crippen molar-refractivity contribution in [1.29, 1.82) is 0 Å². The van der Waals surface area contributed by atoms with Gasteiger partial charge in [0.1, 0.15) is 17.5 Å². The quantitative estimate of drug-likeness (QED) is 0.722. The van der Waals surface area contributed by atoms with Gasteiger partial charge in [-0.2, -0.15) is 0 Å². The van der Waals surface area contributed by atoms with Crippen molar-refractivity contribution in [1.82, 2.24) is 10.2 Å². The van der Waals surface area contributed by atoms with Gasteiger partial charge >= 0.3 is 0 Å². The highest BCUT2D eigenvalue weighted by Gasteiger charge is 2.26. The Kier molecular flexibility index (Phi) is 7.87. The zero-order chi connectivity index (χ0) is 20.5. The van der Waals surface area contributed by atoms with Gasteiger partial charge in [-0.1, -0.05) is 29.8 Å². The number of hydrogen-bond donors (Lipinski definition) is 1. The summed E-state index contributed by atoms with van der Waals surface area (Å²) in [5.41, 5.74) is 1.99. The number of hydrogen-bond acceptors (Lipinski definition) is 4. The minimum absolute atomic E-state index is 0.142. The largest absolute Gasteiger partial charge is 0.497 e. The summed E-state index contributed by atoms with van der Waals surface area (Å²) in [5, 5.41) is 2.77. The van der Waals surface area contributed by atoms with E-state index in [2.05, 4.69) is 5.32 Å². The third-order valence-electron chi connectivity index (χ3n) is 4.39. The topological polar surface area (TPSA) is 67.9 Å². The lowest BCUT2D eigenvalue weighted by atomic mass is 10.1. The van der Waals surface area contributed by atoms with Crippen LogP contribution in [0.5, 0.6) is 11.5 Å². The molecule has 0 fully saturated rings. The summed E-state index contributed by atoms with van der Waals surface area (Å²) in [6.07, 6.45) is 0. The average molecular weight is 384 g/mol. The van der Waals surface area contributed by atoms with E-state index in [0.717, 1.165) is 11.1 Å². The van der Waals surface area contributed by atoms with Gasteiger partial charge in [-0.15, -0.1) is 0 Å². The highest BCUT2D eigenvalue weighted by molar-refractivity contribution is 5.87. The van der Waals surface area contributed by atoms with Gasteiger partial charge in [0.2, 0.25) is 5.91 Å². The van der Waals surface area contributed by atoms with Crippen LogP contribution in [0.1, 0.15) is 25.0 Å². The number of rotatable bonds is 9. The maximum atomic E-state index is 12.9. The Morgan fingerprint density at radius 2 is 1.82 bits per heavy atom. The second-order valence-corrected chi connectivity index (χ2v) is 6.55. The van der Waals surface area contributed by atoms with Crippen LogP contribution in [0, 0.1) is 6.92 Å². The van der Waals surface area contributed by atoms with E-state index in [1.807, 2.05) is 62.4 Å². The zero-order valence-corrected chi connectivity index (χ0v) is 16.9. The maximum absolute atomic E-state index is 12.9. The molecule has 0 unspecified atom stereocenters. The summed E-state index contributed by atoms with van der Waals surface area (Å²) in [6.45, 7) is 6.19. The molecule has 2 aromatic carbocycles. The molecule has 0 saturated carbocycles. The Bertz CT molecular complexity index is 789. The number of carbonyl (C=O) groups excluding carboxylic acids is 2. The van der Waals surface area contributed by atoms with Gasteiger partial charge in [0, 0.05) is 13.1 Å². The van der Waals surface area contributed by atoms with Crippen LogP contribution in [0.25, 0.3) is 0 Å². The molecule has 0 aromatic heterocycles. The standard InChI is InChI=1S/C22H28N2O4/c1-5-23-22(26)17(3)24(14-18-7-6-8-20(13-18)27-4)21(25)15-28-19-11-9-16(2)10-12-19/h6-13,17H,5,14-15H2,1-4H3,(H,23,26)/t17-/m1/s1. The Hall–Kier alpha value is -3.02. The van der Waals surface area contributed by atoms with Crippen molar-refractivity contribution < 1.29 is 19.1 Å². The van der Waals surface area contributed by atoms with Gasteiger partial charge in [0.15, 0.2) is 6.61 Å². The van der Waals surface area contributed by atoms with Gasteiger partial charge in [-0.3, -0.25) is 9.59 Å². The molecule has 0 heterocycles. The van der Waals surface area contributed by atoms with Gasteiger partial charge in [-0.25, -0.2) is 0 Å². The third kappa shape index (κ3) is 6.01. The lowest BCUT2D eigenvalue weighted by Gasteiger charge is -2.28. The number of nitrogens with one attached hydrogen (secondary N) is 1. The van der Waals surface area contributed by atoms with Gasteiger partial charge in [0.05, 0.1) is 7.11 Å². The molecule has 28 heavy (non-hydrogen) atoms. The number of carbonyl (C=O) groups is 2. The van der Waals surface area contributed by atoms with Crippen LogP contribution in [-0.4, -0.2) is 43.0 Å². The molecule has 0 aliphatic carbocycles. The van der Waals surface area contributed by atoms with E-state index in [9.17, 15) is 9.59 Å². The Labute approximate surface area is 166 Å². The average Bonchev–Trinajstić information content (AvgIpc) is 2.71. The zero-order valence-electron chi connectivity index (χ0n) is 16.9. The van der Waals surface area contributed by atoms with Crippen LogP contribution in [0.2, 0.25) is 0 Å². The molecule has 0 saturated heterocycles. The molecule has 0 aliphatic rings. The minimum Gasteiger partial charge on any atom is -0.497 e. The minimum atomic E-state index is -0.625.